The van der Waals surface area contributed by atoms with E-state index in [1.165, 1.54) is 25.2 Å². The number of ether oxygens (including phenoxy) is 1. The summed E-state index contributed by atoms with van der Waals surface area (Å²) in [5.41, 5.74) is 1.65. The molecule has 4 aliphatic heterocycles. The number of rotatable bonds is 1. The quantitative estimate of drug-likeness (QED) is 0.562. The van der Waals surface area contributed by atoms with Crippen LogP contribution in [0.1, 0.15) is 74.7 Å². The van der Waals surface area contributed by atoms with Crippen molar-refractivity contribution in [3.05, 3.63) is 24.3 Å². The highest BCUT2D eigenvalue weighted by atomic mass is 32.2. The molecule has 2 bridgehead atoms. The van der Waals surface area contributed by atoms with E-state index in [0.717, 1.165) is 49.9 Å². The van der Waals surface area contributed by atoms with Crippen LogP contribution in [-0.2, 0) is 9.84 Å². The Kier molecular flexibility index (Phi) is 9.43. The van der Waals surface area contributed by atoms with Crippen molar-refractivity contribution >= 4 is 15.5 Å². The maximum atomic E-state index is 11.1. The first-order valence-electron chi connectivity index (χ1n) is 13.9. The van der Waals surface area contributed by atoms with Gasteiger partial charge in [0.1, 0.15) is 22.2 Å². The first-order valence-corrected chi connectivity index (χ1v) is 15.7. The van der Waals surface area contributed by atoms with E-state index < -0.39 is 9.84 Å². The van der Waals surface area contributed by atoms with Crippen LogP contribution < -0.4 is 15.0 Å². The predicted octanol–water partition coefficient (Wildman–Crippen LogP) is 4.98. The van der Waals surface area contributed by atoms with E-state index in [0.29, 0.717) is 17.4 Å². The lowest BCUT2D eigenvalue weighted by molar-refractivity contribution is 0.181. The molecule has 0 aromatic heterocycles. The van der Waals surface area contributed by atoms with Crippen molar-refractivity contribution in [3.63, 3.8) is 0 Å². The highest BCUT2D eigenvalue weighted by molar-refractivity contribution is 7.91. The van der Waals surface area contributed by atoms with Crippen LogP contribution in [0.3, 0.4) is 0 Å². The lowest BCUT2D eigenvalue weighted by Gasteiger charge is -2.41. The molecule has 0 unspecified atom stereocenters. The van der Waals surface area contributed by atoms with Gasteiger partial charge in [-0.15, -0.1) is 0 Å². The third-order valence-electron chi connectivity index (χ3n) is 8.08. The summed E-state index contributed by atoms with van der Waals surface area (Å²) >= 11 is 0. The third kappa shape index (κ3) is 7.84. The minimum atomic E-state index is -2.68. The zero-order valence-corrected chi connectivity index (χ0v) is 24.8. The van der Waals surface area contributed by atoms with E-state index in [-0.39, 0.29) is 11.0 Å². The fourth-order valence-corrected chi connectivity index (χ4v) is 7.34. The van der Waals surface area contributed by atoms with Crippen LogP contribution in [0.15, 0.2) is 24.3 Å². The maximum Gasteiger partial charge on any atom is 0.150 e. The molecule has 1 aromatic carbocycles. The molecule has 0 spiro atoms. The van der Waals surface area contributed by atoms with Gasteiger partial charge in [-0.3, -0.25) is 4.90 Å². The summed E-state index contributed by atoms with van der Waals surface area (Å²) < 4.78 is 27.9. The van der Waals surface area contributed by atoms with Crippen LogP contribution in [0.25, 0.3) is 0 Å². The molecule has 5 rings (SSSR count). The molecule has 36 heavy (non-hydrogen) atoms. The Hall–Kier alpha value is -1.31. The number of para-hydroxylation sites is 2. The van der Waals surface area contributed by atoms with Crippen LogP contribution in [0, 0.1) is 11.3 Å². The van der Waals surface area contributed by atoms with E-state index in [1.807, 2.05) is 12.1 Å². The summed E-state index contributed by atoms with van der Waals surface area (Å²) in [5.74, 6) is 2.39. The van der Waals surface area contributed by atoms with Crippen LogP contribution in [0.5, 0.6) is 5.75 Å². The number of benzene rings is 1. The van der Waals surface area contributed by atoms with Crippen molar-refractivity contribution in [1.29, 1.82) is 0 Å². The molecule has 0 aliphatic carbocycles. The van der Waals surface area contributed by atoms with Gasteiger partial charge in [0.15, 0.2) is 0 Å². The van der Waals surface area contributed by atoms with Crippen molar-refractivity contribution in [2.45, 2.75) is 98.3 Å². The van der Waals surface area contributed by atoms with Gasteiger partial charge in [0.2, 0.25) is 0 Å². The van der Waals surface area contributed by atoms with E-state index in [1.54, 1.807) is 0 Å². The topological polar surface area (TPSA) is 61.9 Å². The summed E-state index contributed by atoms with van der Waals surface area (Å²) in [4.78, 5) is 5.01. The van der Waals surface area contributed by atoms with Gasteiger partial charge >= 0.3 is 0 Å². The molecule has 2 atom stereocenters. The normalized spacial score (nSPS) is 25.9. The van der Waals surface area contributed by atoms with Crippen molar-refractivity contribution in [1.82, 2.24) is 10.2 Å². The van der Waals surface area contributed by atoms with Crippen molar-refractivity contribution < 1.29 is 13.2 Å². The highest BCUT2D eigenvalue weighted by Crippen LogP contribution is 2.36. The van der Waals surface area contributed by atoms with E-state index in [9.17, 15) is 8.42 Å². The Balaban J connectivity index is 0.000000152. The fraction of sp³-hybridized carbons (Fsp3) is 0.793. The third-order valence-corrected chi connectivity index (χ3v) is 9.80. The lowest BCUT2D eigenvalue weighted by Crippen LogP contribution is -2.46. The van der Waals surface area contributed by atoms with E-state index in [4.69, 9.17) is 4.74 Å². The van der Waals surface area contributed by atoms with Crippen molar-refractivity contribution in [3.8, 4) is 5.75 Å². The van der Waals surface area contributed by atoms with Crippen LogP contribution in [0.2, 0.25) is 0 Å². The molecule has 7 heteroatoms. The number of nitrogens with zero attached hydrogens (tertiary/aromatic N) is 2. The second-order valence-electron chi connectivity index (χ2n) is 13.2. The number of sulfone groups is 1. The molecule has 1 N–H and O–H groups in total. The molecule has 0 amide bonds. The number of fused-ring (bicyclic) bond motifs is 3. The van der Waals surface area contributed by atoms with Gasteiger partial charge < -0.3 is 15.0 Å². The zero-order valence-electron chi connectivity index (χ0n) is 24.0. The van der Waals surface area contributed by atoms with Gasteiger partial charge in [-0.1, -0.05) is 32.9 Å². The second-order valence-corrected chi connectivity index (χ2v) is 15.5. The number of nitrogens with one attached hydrogen (secondary N) is 1. The minimum absolute atomic E-state index is 0.167. The van der Waals surface area contributed by atoms with Crippen LogP contribution >= 0.6 is 0 Å². The number of hydrogen-bond donors (Lipinski definition) is 1. The smallest absolute Gasteiger partial charge is 0.150 e. The Morgan fingerprint density at radius 3 is 2.14 bits per heavy atom. The van der Waals surface area contributed by atoms with Gasteiger partial charge in [0.05, 0.1) is 23.7 Å². The Morgan fingerprint density at radius 2 is 1.67 bits per heavy atom. The summed E-state index contributed by atoms with van der Waals surface area (Å²) in [7, 11) is -2.68. The summed E-state index contributed by atoms with van der Waals surface area (Å²) in [6.07, 6.45) is 3.09. The van der Waals surface area contributed by atoms with Gasteiger partial charge in [-0.05, 0) is 77.3 Å². The van der Waals surface area contributed by atoms with Gasteiger partial charge in [0, 0.05) is 36.8 Å². The standard InChI is InChI=1S/C12H17NO.C9H18O2S.C8H16N2/c1-12(2,3)13-8-9-14-11-7-5-4-6-10(11)13;1-9(2,3)8-4-6-12(10,11)7-5-8;1-6(2)10-5-7-3-8(10)4-9-7/h4-7H,8-9H2,1-3H3;8H,4-7H2,1-3H3;6-9H,3-5H2,1-2H3/t;;7-,8-/m..1/s1. The molecule has 206 valence electrons. The Morgan fingerprint density at radius 1 is 1.03 bits per heavy atom. The summed E-state index contributed by atoms with van der Waals surface area (Å²) in [5, 5.41) is 3.50. The SMILES string of the molecule is CC(C)(C)C1CCS(=O)(=O)CC1.CC(C)(C)N1CCOc2ccccc21.CC(C)N1C[C@H]2C[C@@H]1CN2. The summed E-state index contributed by atoms with van der Waals surface area (Å²) in [6, 6.07) is 10.7. The molecule has 0 radical (unpaired) electrons. The highest BCUT2D eigenvalue weighted by Gasteiger charge is 2.38. The Labute approximate surface area is 221 Å². The Bertz CT molecular complexity index is 935. The van der Waals surface area contributed by atoms with Crippen molar-refractivity contribution in [2.75, 3.05) is 42.6 Å². The first kappa shape index (κ1) is 29.2. The van der Waals surface area contributed by atoms with Crippen LogP contribution in [-0.4, -0.2) is 74.7 Å². The zero-order chi connectivity index (χ0) is 26.7. The molecular formula is C29H51N3O3S. The largest absolute Gasteiger partial charge is 0.490 e. The molecule has 4 aliphatic rings. The lowest BCUT2D eigenvalue weighted by atomic mass is 9.77. The minimum Gasteiger partial charge on any atom is -0.490 e. The number of hydrogen-bond acceptors (Lipinski definition) is 6. The monoisotopic (exact) mass is 521 g/mol. The molecule has 3 saturated heterocycles. The fourth-order valence-electron chi connectivity index (χ4n) is 5.85. The molecule has 4 heterocycles. The van der Waals surface area contributed by atoms with E-state index in [2.05, 4.69) is 82.6 Å². The van der Waals surface area contributed by atoms with E-state index >= 15 is 0 Å². The van der Waals surface area contributed by atoms with Gasteiger partial charge in [0.25, 0.3) is 0 Å². The predicted molar refractivity (Wildman–Crippen MR) is 152 cm³/mol. The molecule has 0 saturated carbocycles. The summed E-state index contributed by atoms with van der Waals surface area (Å²) in [6.45, 7) is 22.1. The molecule has 6 nitrogen and oxygen atoms in total. The second kappa shape index (κ2) is 11.6. The first-order chi connectivity index (χ1) is 16.7. The van der Waals surface area contributed by atoms with Gasteiger partial charge in [-0.25, -0.2) is 8.42 Å². The molecule has 1 aromatic rings. The average Bonchev–Trinajstić information content (AvgIpc) is 3.42. The van der Waals surface area contributed by atoms with Gasteiger partial charge in [-0.2, -0.15) is 0 Å². The average molecular weight is 522 g/mol. The number of likely N-dealkylation sites (tertiary alicyclic amines) is 1. The number of piperazine rings is 1. The van der Waals surface area contributed by atoms with Crippen molar-refractivity contribution in [2.24, 2.45) is 11.3 Å². The molecule has 3 fully saturated rings. The van der Waals surface area contributed by atoms with Crippen LogP contribution in [0.4, 0.5) is 5.69 Å². The maximum absolute atomic E-state index is 11.1. The number of anilines is 1. The molecular weight excluding hydrogens is 470 g/mol.